The molecule has 0 spiro atoms. The van der Waals surface area contributed by atoms with Gasteiger partial charge in [-0.3, -0.25) is 0 Å². The van der Waals surface area contributed by atoms with Crippen LogP contribution in [-0.2, 0) is 4.74 Å². The predicted molar refractivity (Wildman–Crippen MR) is 66.8 cm³/mol. The van der Waals surface area contributed by atoms with E-state index in [0.29, 0.717) is 18.4 Å². The van der Waals surface area contributed by atoms with Gasteiger partial charge in [-0.15, -0.1) is 0 Å². The van der Waals surface area contributed by atoms with Crippen LogP contribution in [0.4, 0.5) is 0 Å². The van der Waals surface area contributed by atoms with Gasteiger partial charge in [0.2, 0.25) is 0 Å². The molecule has 1 atom stereocenters. The topological polar surface area (TPSA) is 35.2 Å². The minimum absolute atomic E-state index is 0.446. The van der Waals surface area contributed by atoms with Gasteiger partial charge in [-0.25, -0.2) is 0 Å². The number of hydrogen-bond acceptors (Lipinski definition) is 2. The second-order valence-corrected chi connectivity index (χ2v) is 4.78. The summed E-state index contributed by atoms with van der Waals surface area (Å²) in [6.07, 6.45) is 2.23. The highest BCUT2D eigenvalue weighted by Crippen LogP contribution is 2.31. The Bertz CT molecular complexity index is 319. The summed E-state index contributed by atoms with van der Waals surface area (Å²) in [5.41, 5.74) is 7.20. The maximum atomic E-state index is 5.90. The smallest absolute Gasteiger partial charge is 0.0468 e. The summed E-state index contributed by atoms with van der Waals surface area (Å²) in [5.74, 6) is 1.10. The second kappa shape index (κ2) is 5.67. The van der Waals surface area contributed by atoms with E-state index in [1.165, 1.54) is 5.56 Å². The van der Waals surface area contributed by atoms with Gasteiger partial charge in [0, 0.05) is 18.2 Å². The molecule has 1 aliphatic heterocycles. The van der Waals surface area contributed by atoms with Crippen LogP contribution in [0.15, 0.2) is 24.3 Å². The monoisotopic (exact) mass is 239 g/mol. The van der Waals surface area contributed by atoms with Crippen molar-refractivity contribution in [2.45, 2.75) is 18.8 Å². The van der Waals surface area contributed by atoms with Gasteiger partial charge in [-0.1, -0.05) is 23.7 Å². The summed E-state index contributed by atoms with van der Waals surface area (Å²) in [6.45, 7) is 2.44. The third-order valence-electron chi connectivity index (χ3n) is 3.39. The minimum Gasteiger partial charge on any atom is -0.381 e. The number of ether oxygens (including phenoxy) is 1. The van der Waals surface area contributed by atoms with Crippen molar-refractivity contribution < 1.29 is 4.74 Å². The number of nitrogens with two attached hydrogens (primary N) is 1. The standard InChI is InChI=1S/C13H18ClNO/c14-12-3-1-10(2-4-12)13(9-15)11-5-7-16-8-6-11/h1-4,11,13H,5-9,15H2/t13-/m1/s1. The molecular weight excluding hydrogens is 222 g/mol. The van der Waals surface area contributed by atoms with Crippen molar-refractivity contribution in [2.24, 2.45) is 11.7 Å². The molecule has 1 heterocycles. The van der Waals surface area contributed by atoms with Gasteiger partial charge in [0.25, 0.3) is 0 Å². The first-order valence-electron chi connectivity index (χ1n) is 5.84. The first kappa shape index (κ1) is 11.9. The lowest BCUT2D eigenvalue weighted by Gasteiger charge is -2.29. The summed E-state index contributed by atoms with van der Waals surface area (Å²) >= 11 is 5.89. The molecule has 2 nitrogen and oxygen atoms in total. The van der Waals surface area contributed by atoms with Crippen LogP contribution in [0.5, 0.6) is 0 Å². The molecule has 1 aromatic carbocycles. The Morgan fingerprint density at radius 3 is 2.44 bits per heavy atom. The highest BCUT2D eigenvalue weighted by atomic mass is 35.5. The summed E-state index contributed by atoms with van der Waals surface area (Å²) in [6, 6.07) is 8.07. The first-order valence-corrected chi connectivity index (χ1v) is 6.22. The molecule has 88 valence electrons. The number of hydrogen-bond donors (Lipinski definition) is 1. The third kappa shape index (κ3) is 2.76. The van der Waals surface area contributed by atoms with Crippen molar-refractivity contribution in [1.29, 1.82) is 0 Å². The zero-order chi connectivity index (χ0) is 11.4. The summed E-state index contributed by atoms with van der Waals surface area (Å²) in [4.78, 5) is 0. The van der Waals surface area contributed by atoms with Gasteiger partial charge in [-0.05, 0) is 48.9 Å². The van der Waals surface area contributed by atoms with Crippen LogP contribution >= 0.6 is 11.6 Å². The van der Waals surface area contributed by atoms with E-state index in [-0.39, 0.29) is 0 Å². The molecule has 2 N–H and O–H groups in total. The van der Waals surface area contributed by atoms with Crippen LogP contribution in [0, 0.1) is 5.92 Å². The van der Waals surface area contributed by atoms with E-state index in [1.807, 2.05) is 12.1 Å². The van der Waals surface area contributed by atoms with Crippen LogP contribution in [0.3, 0.4) is 0 Å². The van der Waals surface area contributed by atoms with E-state index >= 15 is 0 Å². The maximum absolute atomic E-state index is 5.90. The van der Waals surface area contributed by atoms with E-state index in [9.17, 15) is 0 Å². The molecule has 1 aliphatic rings. The molecule has 0 amide bonds. The molecule has 1 aromatic rings. The largest absolute Gasteiger partial charge is 0.381 e. The zero-order valence-electron chi connectivity index (χ0n) is 9.36. The fourth-order valence-corrected chi connectivity index (χ4v) is 2.55. The van der Waals surface area contributed by atoms with Crippen LogP contribution < -0.4 is 5.73 Å². The minimum atomic E-state index is 0.446. The number of halogens is 1. The Labute approximate surface area is 102 Å². The van der Waals surface area contributed by atoms with Crippen molar-refractivity contribution in [2.75, 3.05) is 19.8 Å². The van der Waals surface area contributed by atoms with Crippen molar-refractivity contribution in [1.82, 2.24) is 0 Å². The van der Waals surface area contributed by atoms with Crippen molar-refractivity contribution in [3.8, 4) is 0 Å². The lowest BCUT2D eigenvalue weighted by Crippen LogP contribution is -2.27. The Balaban J connectivity index is 2.11. The Morgan fingerprint density at radius 1 is 1.25 bits per heavy atom. The fraction of sp³-hybridized carbons (Fsp3) is 0.538. The second-order valence-electron chi connectivity index (χ2n) is 4.34. The summed E-state index contributed by atoms with van der Waals surface area (Å²) < 4.78 is 5.39. The molecule has 0 bridgehead atoms. The molecule has 16 heavy (non-hydrogen) atoms. The van der Waals surface area contributed by atoms with Crippen LogP contribution in [0.2, 0.25) is 5.02 Å². The van der Waals surface area contributed by atoms with Gasteiger partial charge in [0.1, 0.15) is 0 Å². The lowest BCUT2D eigenvalue weighted by molar-refractivity contribution is 0.0586. The van der Waals surface area contributed by atoms with Crippen molar-refractivity contribution in [3.05, 3.63) is 34.9 Å². The van der Waals surface area contributed by atoms with E-state index in [0.717, 1.165) is 31.1 Å². The molecule has 0 radical (unpaired) electrons. The number of benzene rings is 1. The maximum Gasteiger partial charge on any atom is 0.0468 e. The normalized spacial score (nSPS) is 19.6. The first-order chi connectivity index (χ1) is 7.81. The molecular formula is C13H18ClNO. The van der Waals surface area contributed by atoms with E-state index in [1.54, 1.807) is 0 Å². The lowest BCUT2D eigenvalue weighted by atomic mass is 9.81. The average Bonchev–Trinajstić information content (AvgIpc) is 2.34. The van der Waals surface area contributed by atoms with Gasteiger partial charge >= 0.3 is 0 Å². The zero-order valence-corrected chi connectivity index (χ0v) is 10.1. The molecule has 0 aliphatic carbocycles. The average molecular weight is 240 g/mol. The Morgan fingerprint density at radius 2 is 1.88 bits per heavy atom. The molecule has 0 saturated carbocycles. The molecule has 3 heteroatoms. The highest BCUT2D eigenvalue weighted by molar-refractivity contribution is 6.30. The third-order valence-corrected chi connectivity index (χ3v) is 3.64. The summed E-state index contributed by atoms with van der Waals surface area (Å²) in [5, 5.41) is 0.784. The Kier molecular flexibility index (Phi) is 4.22. The van der Waals surface area contributed by atoms with Crippen LogP contribution in [0.1, 0.15) is 24.3 Å². The number of rotatable bonds is 3. The van der Waals surface area contributed by atoms with Crippen molar-refractivity contribution >= 4 is 11.6 Å². The fourth-order valence-electron chi connectivity index (χ4n) is 2.43. The van der Waals surface area contributed by atoms with Gasteiger partial charge < -0.3 is 10.5 Å². The summed E-state index contributed by atoms with van der Waals surface area (Å²) in [7, 11) is 0. The molecule has 2 rings (SSSR count). The predicted octanol–water partition coefficient (Wildman–Crippen LogP) is 2.81. The van der Waals surface area contributed by atoms with E-state index in [4.69, 9.17) is 22.1 Å². The quantitative estimate of drug-likeness (QED) is 0.881. The van der Waals surface area contributed by atoms with Crippen LogP contribution in [0.25, 0.3) is 0 Å². The molecule has 0 aromatic heterocycles. The highest BCUT2D eigenvalue weighted by Gasteiger charge is 2.24. The molecule has 0 unspecified atom stereocenters. The van der Waals surface area contributed by atoms with Gasteiger partial charge in [-0.2, -0.15) is 0 Å². The van der Waals surface area contributed by atoms with Gasteiger partial charge in [0.05, 0.1) is 0 Å². The van der Waals surface area contributed by atoms with E-state index < -0.39 is 0 Å². The van der Waals surface area contributed by atoms with E-state index in [2.05, 4.69) is 12.1 Å². The van der Waals surface area contributed by atoms with Crippen LogP contribution in [-0.4, -0.2) is 19.8 Å². The van der Waals surface area contributed by atoms with Crippen molar-refractivity contribution in [3.63, 3.8) is 0 Å². The SMILES string of the molecule is NC[C@H](c1ccc(Cl)cc1)C1CCOCC1. The van der Waals surface area contributed by atoms with Gasteiger partial charge in [0.15, 0.2) is 0 Å². The molecule has 1 saturated heterocycles. The Hall–Kier alpha value is -0.570. The molecule has 1 fully saturated rings.